The summed E-state index contributed by atoms with van der Waals surface area (Å²) in [5.74, 6) is 2.36. The summed E-state index contributed by atoms with van der Waals surface area (Å²) < 4.78 is 0. The van der Waals surface area contributed by atoms with E-state index in [1.165, 1.54) is 12.8 Å². The summed E-state index contributed by atoms with van der Waals surface area (Å²) in [7, 11) is 0. The van der Waals surface area contributed by atoms with Crippen molar-refractivity contribution in [2.45, 2.75) is 72.3 Å². The third kappa shape index (κ3) is 3.80. The van der Waals surface area contributed by atoms with Gasteiger partial charge in [0.25, 0.3) is 0 Å². The Morgan fingerprint density at radius 3 is 2.71 bits per heavy atom. The maximum atomic E-state index is 12.9. The molecule has 21 heavy (non-hydrogen) atoms. The second-order valence-electron chi connectivity index (χ2n) is 7.82. The maximum absolute atomic E-state index is 12.9. The van der Waals surface area contributed by atoms with E-state index in [0.717, 1.165) is 44.7 Å². The van der Waals surface area contributed by atoms with Crippen LogP contribution in [0.15, 0.2) is 0 Å². The monoisotopic (exact) mass is 294 g/mol. The van der Waals surface area contributed by atoms with Gasteiger partial charge in [-0.05, 0) is 56.4 Å². The molecular formula is C18H34N2O. The average Bonchev–Trinajstić information content (AvgIpc) is 2.47. The molecule has 0 aromatic heterocycles. The average molecular weight is 294 g/mol. The molecular weight excluding hydrogens is 260 g/mol. The van der Waals surface area contributed by atoms with Gasteiger partial charge in [-0.3, -0.25) is 4.79 Å². The predicted octanol–water partition coefficient (Wildman–Crippen LogP) is 3.34. The molecule has 1 saturated carbocycles. The molecule has 1 saturated heterocycles. The van der Waals surface area contributed by atoms with Crippen molar-refractivity contribution in [3.63, 3.8) is 0 Å². The molecule has 2 N–H and O–H groups in total. The maximum Gasteiger partial charge on any atom is 0.227 e. The van der Waals surface area contributed by atoms with Gasteiger partial charge in [-0.25, -0.2) is 0 Å². The van der Waals surface area contributed by atoms with Crippen LogP contribution in [-0.4, -0.2) is 25.0 Å². The molecule has 122 valence electrons. The van der Waals surface area contributed by atoms with Crippen LogP contribution in [0.4, 0.5) is 0 Å². The number of piperidine rings is 1. The molecule has 1 aliphatic carbocycles. The highest BCUT2D eigenvalue weighted by Gasteiger charge is 2.40. The minimum absolute atomic E-state index is 0.166. The lowest BCUT2D eigenvalue weighted by atomic mass is 9.72. The fraction of sp³-hybridized carbons (Fsp3) is 0.944. The highest BCUT2D eigenvalue weighted by Crippen LogP contribution is 2.35. The SMILES string of the molecule is CCC1(C(=O)NC2CC(C)CCC2C(C)C)CCCNC1. The van der Waals surface area contributed by atoms with Crippen molar-refractivity contribution in [2.75, 3.05) is 13.1 Å². The van der Waals surface area contributed by atoms with Gasteiger partial charge in [-0.2, -0.15) is 0 Å². The van der Waals surface area contributed by atoms with E-state index in [-0.39, 0.29) is 5.41 Å². The largest absolute Gasteiger partial charge is 0.353 e. The summed E-state index contributed by atoms with van der Waals surface area (Å²) >= 11 is 0. The zero-order chi connectivity index (χ0) is 15.5. The van der Waals surface area contributed by atoms with Gasteiger partial charge >= 0.3 is 0 Å². The summed E-state index contributed by atoms with van der Waals surface area (Å²) in [5.41, 5.74) is -0.166. The summed E-state index contributed by atoms with van der Waals surface area (Å²) in [5, 5.41) is 6.89. The predicted molar refractivity (Wildman–Crippen MR) is 88.1 cm³/mol. The Kier molecular flexibility index (Phi) is 5.70. The summed E-state index contributed by atoms with van der Waals surface area (Å²) in [6, 6.07) is 0.381. The minimum atomic E-state index is -0.166. The summed E-state index contributed by atoms with van der Waals surface area (Å²) in [6.45, 7) is 11.0. The molecule has 0 radical (unpaired) electrons. The van der Waals surface area contributed by atoms with E-state index in [4.69, 9.17) is 0 Å². The third-order valence-corrected chi connectivity index (χ3v) is 5.97. The van der Waals surface area contributed by atoms with Crippen LogP contribution in [0.5, 0.6) is 0 Å². The van der Waals surface area contributed by atoms with Crippen molar-refractivity contribution in [1.29, 1.82) is 0 Å². The lowest BCUT2D eigenvalue weighted by Crippen LogP contribution is -2.55. The van der Waals surface area contributed by atoms with Crippen LogP contribution in [0.1, 0.15) is 66.2 Å². The van der Waals surface area contributed by atoms with E-state index in [2.05, 4.69) is 38.3 Å². The van der Waals surface area contributed by atoms with E-state index in [9.17, 15) is 4.79 Å². The van der Waals surface area contributed by atoms with Gasteiger partial charge in [-0.15, -0.1) is 0 Å². The topological polar surface area (TPSA) is 41.1 Å². The first kappa shape index (κ1) is 16.8. The standard InChI is InChI=1S/C18H34N2O/c1-5-18(9-6-10-19-12-18)17(21)20-16-11-14(4)7-8-15(16)13(2)3/h13-16,19H,5-12H2,1-4H3,(H,20,21). The van der Waals surface area contributed by atoms with Crippen LogP contribution in [-0.2, 0) is 4.79 Å². The molecule has 0 bridgehead atoms. The number of rotatable bonds is 4. The molecule has 4 atom stereocenters. The Balaban J connectivity index is 2.04. The Labute approximate surface area is 130 Å². The van der Waals surface area contributed by atoms with E-state index in [1.54, 1.807) is 0 Å². The van der Waals surface area contributed by atoms with Crippen molar-refractivity contribution in [3.8, 4) is 0 Å². The van der Waals surface area contributed by atoms with E-state index in [1.807, 2.05) is 0 Å². The van der Waals surface area contributed by atoms with E-state index < -0.39 is 0 Å². The van der Waals surface area contributed by atoms with Crippen LogP contribution in [0.3, 0.4) is 0 Å². The number of nitrogens with one attached hydrogen (secondary N) is 2. The smallest absolute Gasteiger partial charge is 0.227 e. The molecule has 2 aliphatic rings. The van der Waals surface area contributed by atoms with Crippen molar-refractivity contribution in [1.82, 2.24) is 10.6 Å². The zero-order valence-corrected chi connectivity index (χ0v) is 14.4. The summed E-state index contributed by atoms with van der Waals surface area (Å²) in [6.07, 6.45) is 6.84. The first-order chi connectivity index (χ1) is 9.98. The molecule has 0 aromatic rings. The first-order valence-electron chi connectivity index (χ1n) is 9.00. The van der Waals surface area contributed by atoms with Gasteiger partial charge in [-0.1, -0.05) is 34.1 Å². The van der Waals surface area contributed by atoms with E-state index >= 15 is 0 Å². The quantitative estimate of drug-likeness (QED) is 0.835. The zero-order valence-electron chi connectivity index (χ0n) is 14.4. The fourth-order valence-corrected chi connectivity index (χ4v) is 4.31. The minimum Gasteiger partial charge on any atom is -0.353 e. The van der Waals surface area contributed by atoms with Crippen LogP contribution in [0.25, 0.3) is 0 Å². The number of hydrogen-bond acceptors (Lipinski definition) is 2. The van der Waals surface area contributed by atoms with Crippen LogP contribution < -0.4 is 10.6 Å². The van der Waals surface area contributed by atoms with Crippen molar-refractivity contribution < 1.29 is 4.79 Å². The summed E-state index contributed by atoms with van der Waals surface area (Å²) in [4.78, 5) is 12.9. The second kappa shape index (κ2) is 7.13. The van der Waals surface area contributed by atoms with Crippen molar-refractivity contribution in [2.24, 2.45) is 23.2 Å². The van der Waals surface area contributed by atoms with Crippen molar-refractivity contribution >= 4 is 5.91 Å². The van der Waals surface area contributed by atoms with Crippen LogP contribution in [0.2, 0.25) is 0 Å². The number of amides is 1. The lowest BCUT2D eigenvalue weighted by molar-refractivity contribution is -0.134. The Morgan fingerprint density at radius 2 is 2.14 bits per heavy atom. The highest BCUT2D eigenvalue weighted by molar-refractivity contribution is 5.83. The third-order valence-electron chi connectivity index (χ3n) is 5.97. The fourth-order valence-electron chi connectivity index (χ4n) is 4.31. The number of hydrogen-bond donors (Lipinski definition) is 2. The van der Waals surface area contributed by atoms with Crippen LogP contribution >= 0.6 is 0 Å². The highest BCUT2D eigenvalue weighted by atomic mass is 16.2. The molecule has 1 heterocycles. The molecule has 1 amide bonds. The molecule has 3 heteroatoms. The van der Waals surface area contributed by atoms with Gasteiger partial charge in [0.05, 0.1) is 5.41 Å². The number of carbonyl (C=O) groups excluding carboxylic acids is 1. The Bertz CT molecular complexity index is 347. The van der Waals surface area contributed by atoms with Gasteiger partial charge in [0, 0.05) is 12.6 Å². The van der Waals surface area contributed by atoms with Gasteiger partial charge in [0.1, 0.15) is 0 Å². The van der Waals surface area contributed by atoms with Crippen molar-refractivity contribution in [3.05, 3.63) is 0 Å². The van der Waals surface area contributed by atoms with Gasteiger partial charge in [0.15, 0.2) is 0 Å². The Hall–Kier alpha value is -0.570. The molecule has 0 aromatic carbocycles. The molecule has 1 aliphatic heterocycles. The molecule has 2 fully saturated rings. The molecule has 4 unspecified atom stereocenters. The number of carbonyl (C=O) groups is 1. The second-order valence-corrected chi connectivity index (χ2v) is 7.82. The lowest BCUT2D eigenvalue weighted by Gasteiger charge is -2.41. The Morgan fingerprint density at radius 1 is 1.38 bits per heavy atom. The van der Waals surface area contributed by atoms with E-state index in [0.29, 0.717) is 23.8 Å². The molecule has 0 spiro atoms. The van der Waals surface area contributed by atoms with Gasteiger partial charge in [0.2, 0.25) is 5.91 Å². The molecule has 3 nitrogen and oxygen atoms in total. The first-order valence-corrected chi connectivity index (χ1v) is 9.00. The van der Waals surface area contributed by atoms with Gasteiger partial charge < -0.3 is 10.6 Å². The molecule has 2 rings (SSSR count). The van der Waals surface area contributed by atoms with Crippen LogP contribution in [0, 0.1) is 23.2 Å². The normalized spacial score (nSPS) is 37.5.